The summed E-state index contributed by atoms with van der Waals surface area (Å²) in [6.45, 7) is 0. The molecule has 4 heteroatoms. The zero-order valence-electron chi connectivity index (χ0n) is 20.3. The predicted octanol–water partition coefficient (Wildman–Crippen LogP) is 6.78. The van der Waals surface area contributed by atoms with E-state index in [-0.39, 0.29) is 11.4 Å². The lowest BCUT2D eigenvalue weighted by Gasteiger charge is -2.57. The normalized spacial score (nSPS) is 26.7. The van der Waals surface area contributed by atoms with Crippen LogP contribution in [0.4, 0.5) is 0 Å². The Hall–Kier alpha value is -3.14. The van der Waals surface area contributed by atoms with E-state index < -0.39 is 5.97 Å². The summed E-state index contributed by atoms with van der Waals surface area (Å²) < 4.78 is 4.94. The fourth-order valence-corrected chi connectivity index (χ4v) is 7.81. The molecule has 180 valence electrons. The fourth-order valence-electron chi connectivity index (χ4n) is 7.81. The van der Waals surface area contributed by atoms with Gasteiger partial charge in [0.05, 0.1) is 12.7 Å². The van der Waals surface area contributed by atoms with Gasteiger partial charge in [0.25, 0.3) is 0 Å². The Bertz CT molecular complexity index is 1290. The molecule has 0 aliphatic heterocycles. The molecule has 3 aromatic rings. The van der Waals surface area contributed by atoms with Crippen molar-refractivity contribution in [3.8, 4) is 11.1 Å². The Kier molecular flexibility index (Phi) is 5.43. The molecule has 7 rings (SSSR count). The third kappa shape index (κ3) is 4.03. The zero-order valence-corrected chi connectivity index (χ0v) is 20.3. The van der Waals surface area contributed by atoms with E-state index in [2.05, 4.69) is 30.3 Å². The molecule has 4 bridgehead atoms. The van der Waals surface area contributed by atoms with Crippen LogP contribution in [0.1, 0.15) is 66.4 Å². The Morgan fingerprint density at radius 1 is 0.857 bits per heavy atom. The van der Waals surface area contributed by atoms with Crippen molar-refractivity contribution in [3.05, 3.63) is 71.3 Å². The van der Waals surface area contributed by atoms with E-state index in [1.807, 2.05) is 12.1 Å². The van der Waals surface area contributed by atoms with Crippen LogP contribution in [0.2, 0.25) is 0 Å². The molecule has 4 aliphatic carbocycles. The predicted molar refractivity (Wildman–Crippen MR) is 137 cm³/mol. The maximum atomic E-state index is 12.0. The second-order valence-corrected chi connectivity index (χ2v) is 11.2. The second kappa shape index (κ2) is 8.51. The number of carbonyl (C=O) groups is 2. The minimum atomic E-state index is -0.904. The number of benzene rings is 3. The Labute approximate surface area is 206 Å². The molecule has 4 fully saturated rings. The van der Waals surface area contributed by atoms with Crippen molar-refractivity contribution < 1.29 is 19.4 Å². The van der Waals surface area contributed by atoms with Crippen LogP contribution in [0.25, 0.3) is 21.9 Å². The number of carboxylic acids is 1. The maximum absolute atomic E-state index is 12.0. The van der Waals surface area contributed by atoms with Crippen LogP contribution >= 0.6 is 0 Å². The summed E-state index contributed by atoms with van der Waals surface area (Å²) in [6, 6.07) is 18.4. The van der Waals surface area contributed by atoms with Crippen LogP contribution in [0.3, 0.4) is 0 Å². The first kappa shape index (κ1) is 22.3. The average Bonchev–Trinajstić information content (AvgIpc) is 2.85. The number of carbonyl (C=O) groups excluding carboxylic acids is 1. The highest BCUT2D eigenvalue weighted by Crippen LogP contribution is 2.61. The molecule has 4 aliphatic rings. The first-order valence-corrected chi connectivity index (χ1v) is 12.9. The van der Waals surface area contributed by atoms with Gasteiger partial charge in [-0.1, -0.05) is 36.4 Å². The van der Waals surface area contributed by atoms with E-state index in [9.17, 15) is 14.7 Å². The number of rotatable bonds is 6. The first-order valence-electron chi connectivity index (χ1n) is 12.9. The van der Waals surface area contributed by atoms with Gasteiger partial charge in [0.2, 0.25) is 0 Å². The lowest BCUT2D eigenvalue weighted by molar-refractivity contribution is -0.140. The number of carboxylic acid groups (broad SMARTS) is 1. The summed E-state index contributed by atoms with van der Waals surface area (Å²) >= 11 is 0. The Morgan fingerprint density at radius 3 is 2.11 bits per heavy atom. The summed E-state index contributed by atoms with van der Waals surface area (Å²) in [5.74, 6) is 1.49. The number of hydrogen-bond acceptors (Lipinski definition) is 3. The number of hydrogen-bond donors (Lipinski definition) is 1. The monoisotopic (exact) mass is 468 g/mol. The van der Waals surface area contributed by atoms with Gasteiger partial charge in [-0.3, -0.25) is 4.79 Å². The van der Waals surface area contributed by atoms with Crippen molar-refractivity contribution in [1.29, 1.82) is 0 Å². The Balaban J connectivity index is 1.41. The van der Waals surface area contributed by atoms with Gasteiger partial charge in [0.15, 0.2) is 0 Å². The van der Waals surface area contributed by atoms with Crippen molar-refractivity contribution in [2.45, 2.75) is 56.8 Å². The lowest BCUT2D eigenvalue weighted by Crippen LogP contribution is -2.49. The maximum Gasteiger partial charge on any atom is 0.335 e. The van der Waals surface area contributed by atoms with E-state index in [0.717, 1.165) is 40.5 Å². The quantitative estimate of drug-likeness (QED) is 0.405. The minimum absolute atomic E-state index is 0.152. The minimum Gasteiger partial charge on any atom is -0.478 e. The fraction of sp³-hybridized carbons (Fsp3) is 0.419. The molecule has 0 spiro atoms. The molecule has 0 amide bonds. The molecule has 4 saturated carbocycles. The highest BCUT2D eigenvalue weighted by atomic mass is 16.5. The van der Waals surface area contributed by atoms with Gasteiger partial charge in [0.1, 0.15) is 0 Å². The topological polar surface area (TPSA) is 63.6 Å². The van der Waals surface area contributed by atoms with Crippen molar-refractivity contribution in [1.82, 2.24) is 0 Å². The van der Waals surface area contributed by atoms with Gasteiger partial charge >= 0.3 is 11.9 Å². The standard InChI is InChI=1S/C31H32O4/c1-35-29(32)9-8-22-2-3-26(24-4-5-25-14-27(30(33)34)7-6-23(25)13-24)15-28(22)31-16-19-10-20(17-31)12-21(11-19)18-31/h2-7,13-15,19-21H,8-12,16-18H2,1H3,(H,33,34). The second-order valence-electron chi connectivity index (χ2n) is 11.2. The molecule has 1 N–H and O–H groups in total. The third-order valence-corrected chi connectivity index (χ3v) is 8.97. The molecule has 0 unspecified atom stereocenters. The van der Waals surface area contributed by atoms with Crippen LogP contribution < -0.4 is 0 Å². The smallest absolute Gasteiger partial charge is 0.335 e. The van der Waals surface area contributed by atoms with Crippen LogP contribution in [0.15, 0.2) is 54.6 Å². The van der Waals surface area contributed by atoms with Gasteiger partial charge in [-0.2, -0.15) is 0 Å². The number of fused-ring (bicyclic) bond motifs is 1. The molecular weight excluding hydrogens is 436 g/mol. The van der Waals surface area contributed by atoms with Crippen molar-refractivity contribution in [2.75, 3.05) is 7.11 Å². The largest absolute Gasteiger partial charge is 0.478 e. The molecule has 0 saturated heterocycles. The molecule has 35 heavy (non-hydrogen) atoms. The molecule has 0 atom stereocenters. The lowest BCUT2D eigenvalue weighted by atomic mass is 9.47. The van der Waals surface area contributed by atoms with E-state index in [1.165, 1.54) is 62.3 Å². The summed E-state index contributed by atoms with van der Waals surface area (Å²) in [4.78, 5) is 23.3. The van der Waals surface area contributed by atoms with Gasteiger partial charge in [0, 0.05) is 6.42 Å². The average molecular weight is 469 g/mol. The van der Waals surface area contributed by atoms with E-state index in [0.29, 0.717) is 12.0 Å². The van der Waals surface area contributed by atoms with Gasteiger partial charge in [-0.05, 0) is 119 Å². The molecular formula is C31H32O4. The number of aryl methyl sites for hydroxylation is 1. The molecule has 0 radical (unpaired) electrons. The summed E-state index contributed by atoms with van der Waals surface area (Å²) in [5.41, 5.74) is 5.65. The van der Waals surface area contributed by atoms with Crippen molar-refractivity contribution >= 4 is 22.7 Å². The summed E-state index contributed by atoms with van der Waals surface area (Å²) in [6.07, 6.45) is 9.19. The number of esters is 1. The SMILES string of the molecule is COC(=O)CCc1ccc(-c2ccc3cc(C(=O)O)ccc3c2)cc1C12CC3CC(CC(C3)C1)C2. The van der Waals surface area contributed by atoms with Crippen molar-refractivity contribution in [2.24, 2.45) is 17.8 Å². The van der Waals surface area contributed by atoms with Gasteiger partial charge < -0.3 is 9.84 Å². The molecule has 0 heterocycles. The van der Waals surface area contributed by atoms with Crippen molar-refractivity contribution in [3.63, 3.8) is 0 Å². The van der Waals surface area contributed by atoms with Crippen LogP contribution in [0, 0.1) is 17.8 Å². The molecule has 4 nitrogen and oxygen atoms in total. The van der Waals surface area contributed by atoms with Crippen LogP contribution in [-0.4, -0.2) is 24.2 Å². The van der Waals surface area contributed by atoms with Gasteiger partial charge in [-0.25, -0.2) is 4.79 Å². The summed E-state index contributed by atoms with van der Waals surface area (Å²) in [7, 11) is 1.46. The number of ether oxygens (including phenoxy) is 1. The van der Waals surface area contributed by atoms with Crippen LogP contribution in [0.5, 0.6) is 0 Å². The number of methoxy groups -OCH3 is 1. The molecule has 0 aromatic heterocycles. The molecule has 3 aromatic carbocycles. The van der Waals surface area contributed by atoms with E-state index >= 15 is 0 Å². The first-order chi connectivity index (χ1) is 16.9. The van der Waals surface area contributed by atoms with E-state index in [1.54, 1.807) is 12.1 Å². The highest BCUT2D eigenvalue weighted by molar-refractivity contribution is 5.95. The highest BCUT2D eigenvalue weighted by Gasteiger charge is 2.52. The number of aromatic carboxylic acids is 1. The van der Waals surface area contributed by atoms with Crippen LogP contribution in [-0.2, 0) is 21.4 Å². The third-order valence-electron chi connectivity index (χ3n) is 8.97. The van der Waals surface area contributed by atoms with Gasteiger partial charge in [-0.15, -0.1) is 0 Å². The Morgan fingerprint density at radius 2 is 1.46 bits per heavy atom. The van der Waals surface area contributed by atoms with E-state index in [4.69, 9.17) is 4.74 Å². The zero-order chi connectivity index (χ0) is 24.2. The summed E-state index contributed by atoms with van der Waals surface area (Å²) in [5, 5.41) is 11.3.